The van der Waals surface area contributed by atoms with Crippen molar-refractivity contribution in [1.82, 2.24) is 20.2 Å². The molecule has 6 heteroatoms. The predicted molar refractivity (Wildman–Crippen MR) is 74.6 cm³/mol. The summed E-state index contributed by atoms with van der Waals surface area (Å²) in [4.78, 5) is 0. The Morgan fingerprint density at radius 2 is 2.11 bits per heavy atom. The molecule has 0 atom stereocenters. The molecule has 0 aliphatic heterocycles. The van der Waals surface area contributed by atoms with E-state index in [1.54, 1.807) is 7.11 Å². The van der Waals surface area contributed by atoms with Gasteiger partial charge in [-0.05, 0) is 51.3 Å². The predicted octanol–water partition coefficient (Wildman–Crippen LogP) is 3.09. The van der Waals surface area contributed by atoms with Gasteiger partial charge in [0.1, 0.15) is 5.75 Å². The molecule has 1 aliphatic rings. The van der Waals surface area contributed by atoms with E-state index < -0.39 is 0 Å². The zero-order chi connectivity index (χ0) is 13.2. The van der Waals surface area contributed by atoms with Crippen molar-refractivity contribution in [2.24, 2.45) is 0 Å². The van der Waals surface area contributed by atoms with Crippen molar-refractivity contribution in [2.45, 2.75) is 31.6 Å². The number of halogens is 1. The number of methoxy groups -OCH3 is 1. The van der Waals surface area contributed by atoms with Crippen molar-refractivity contribution in [3.63, 3.8) is 0 Å². The Hall–Kier alpha value is -1.43. The van der Waals surface area contributed by atoms with Crippen LogP contribution in [0.25, 0.3) is 5.69 Å². The molecule has 1 heterocycles. The number of benzene rings is 1. The molecule has 1 saturated carbocycles. The van der Waals surface area contributed by atoms with Crippen LogP contribution in [-0.4, -0.2) is 27.3 Å². The van der Waals surface area contributed by atoms with E-state index in [1.807, 2.05) is 22.9 Å². The molecule has 2 aromatic rings. The van der Waals surface area contributed by atoms with E-state index in [-0.39, 0.29) is 0 Å². The zero-order valence-electron chi connectivity index (χ0n) is 10.7. The fourth-order valence-electron chi connectivity index (χ4n) is 2.59. The molecular formula is C13H15BrN4O. The smallest absolute Gasteiger partial charge is 0.159 e. The third-order valence-corrected chi connectivity index (χ3v) is 4.27. The first kappa shape index (κ1) is 12.6. The molecule has 3 rings (SSSR count). The summed E-state index contributed by atoms with van der Waals surface area (Å²) in [5, 5.41) is 12.2. The van der Waals surface area contributed by atoms with Gasteiger partial charge in [-0.25, -0.2) is 0 Å². The Morgan fingerprint density at radius 1 is 1.32 bits per heavy atom. The number of nitrogens with zero attached hydrogens (tertiary/aromatic N) is 4. The largest absolute Gasteiger partial charge is 0.497 e. The number of rotatable bonds is 3. The Kier molecular flexibility index (Phi) is 3.50. The molecule has 1 fully saturated rings. The maximum Gasteiger partial charge on any atom is 0.159 e. The van der Waals surface area contributed by atoms with Crippen molar-refractivity contribution >= 4 is 15.9 Å². The van der Waals surface area contributed by atoms with Crippen LogP contribution in [0.2, 0.25) is 0 Å². The summed E-state index contributed by atoms with van der Waals surface area (Å²) in [6.07, 6.45) is 4.86. The third-order valence-electron chi connectivity index (χ3n) is 3.60. The summed E-state index contributed by atoms with van der Waals surface area (Å²) in [6, 6.07) is 5.81. The lowest BCUT2D eigenvalue weighted by molar-refractivity contribution is 0.414. The first-order valence-corrected chi connectivity index (χ1v) is 7.21. The van der Waals surface area contributed by atoms with Crippen LogP contribution >= 0.6 is 15.9 Å². The topological polar surface area (TPSA) is 52.8 Å². The molecule has 0 radical (unpaired) electrons. The van der Waals surface area contributed by atoms with E-state index in [1.165, 1.54) is 25.7 Å². The van der Waals surface area contributed by atoms with Gasteiger partial charge in [0, 0.05) is 16.5 Å². The SMILES string of the molecule is COc1ccc(Br)c(-n2nnnc2C2CCCC2)c1. The van der Waals surface area contributed by atoms with E-state index in [0.717, 1.165) is 21.7 Å². The summed E-state index contributed by atoms with van der Waals surface area (Å²) in [7, 11) is 1.66. The monoisotopic (exact) mass is 322 g/mol. The molecule has 0 spiro atoms. The molecule has 5 nitrogen and oxygen atoms in total. The molecule has 0 bridgehead atoms. The summed E-state index contributed by atoms with van der Waals surface area (Å²) < 4.78 is 8.05. The lowest BCUT2D eigenvalue weighted by Gasteiger charge is -2.12. The van der Waals surface area contributed by atoms with Gasteiger partial charge in [-0.3, -0.25) is 0 Å². The number of hydrogen-bond acceptors (Lipinski definition) is 4. The molecule has 0 saturated heterocycles. The second-order valence-corrected chi connectivity index (χ2v) is 5.60. The summed E-state index contributed by atoms with van der Waals surface area (Å²) in [5.74, 6) is 2.21. The second-order valence-electron chi connectivity index (χ2n) is 4.75. The quantitative estimate of drug-likeness (QED) is 0.871. The van der Waals surface area contributed by atoms with Crippen LogP contribution in [0.15, 0.2) is 22.7 Å². The van der Waals surface area contributed by atoms with Crippen LogP contribution in [-0.2, 0) is 0 Å². The van der Waals surface area contributed by atoms with Gasteiger partial charge in [0.2, 0.25) is 0 Å². The maximum atomic E-state index is 5.27. The molecule has 0 N–H and O–H groups in total. The van der Waals surface area contributed by atoms with Crippen LogP contribution in [0.5, 0.6) is 5.75 Å². The molecule has 0 amide bonds. The van der Waals surface area contributed by atoms with Crippen molar-refractivity contribution in [3.8, 4) is 11.4 Å². The minimum Gasteiger partial charge on any atom is -0.497 e. The van der Waals surface area contributed by atoms with Crippen LogP contribution < -0.4 is 4.74 Å². The number of aromatic nitrogens is 4. The lowest BCUT2D eigenvalue weighted by Crippen LogP contribution is -2.07. The zero-order valence-corrected chi connectivity index (χ0v) is 12.3. The van der Waals surface area contributed by atoms with Crippen LogP contribution in [0.3, 0.4) is 0 Å². The fraction of sp³-hybridized carbons (Fsp3) is 0.462. The van der Waals surface area contributed by atoms with Gasteiger partial charge >= 0.3 is 0 Å². The van der Waals surface area contributed by atoms with Crippen LogP contribution in [0, 0.1) is 0 Å². The minimum atomic E-state index is 0.466. The number of hydrogen-bond donors (Lipinski definition) is 0. The van der Waals surface area contributed by atoms with Gasteiger partial charge in [-0.1, -0.05) is 12.8 Å². The first-order valence-electron chi connectivity index (χ1n) is 6.42. The highest BCUT2D eigenvalue weighted by molar-refractivity contribution is 9.10. The van der Waals surface area contributed by atoms with E-state index in [2.05, 4.69) is 31.5 Å². The van der Waals surface area contributed by atoms with E-state index in [0.29, 0.717) is 5.92 Å². The van der Waals surface area contributed by atoms with E-state index in [9.17, 15) is 0 Å². The summed E-state index contributed by atoms with van der Waals surface area (Å²) in [6.45, 7) is 0. The van der Waals surface area contributed by atoms with Crippen molar-refractivity contribution in [3.05, 3.63) is 28.5 Å². The highest BCUT2D eigenvalue weighted by atomic mass is 79.9. The molecule has 1 aliphatic carbocycles. The van der Waals surface area contributed by atoms with Gasteiger partial charge in [-0.2, -0.15) is 4.68 Å². The van der Waals surface area contributed by atoms with Crippen molar-refractivity contribution < 1.29 is 4.74 Å². The number of tetrazole rings is 1. The number of ether oxygens (including phenoxy) is 1. The first-order chi connectivity index (χ1) is 9.29. The fourth-order valence-corrected chi connectivity index (χ4v) is 3.00. The van der Waals surface area contributed by atoms with Gasteiger partial charge in [0.25, 0.3) is 0 Å². The molecule has 0 unspecified atom stereocenters. The average Bonchev–Trinajstić information content (AvgIpc) is 3.09. The Morgan fingerprint density at radius 3 is 2.84 bits per heavy atom. The molecule has 100 valence electrons. The van der Waals surface area contributed by atoms with Crippen LogP contribution in [0.4, 0.5) is 0 Å². The highest BCUT2D eigenvalue weighted by Crippen LogP contribution is 2.35. The van der Waals surface area contributed by atoms with Gasteiger partial charge in [0.15, 0.2) is 5.82 Å². The van der Waals surface area contributed by atoms with Gasteiger partial charge in [0.05, 0.1) is 12.8 Å². The maximum absolute atomic E-state index is 5.27. The second kappa shape index (κ2) is 5.28. The van der Waals surface area contributed by atoms with Gasteiger partial charge in [-0.15, -0.1) is 5.10 Å². The Labute approximate surface area is 120 Å². The third kappa shape index (κ3) is 2.36. The Bertz CT molecular complexity index is 578. The average molecular weight is 323 g/mol. The molecule has 19 heavy (non-hydrogen) atoms. The molecule has 1 aromatic heterocycles. The summed E-state index contributed by atoms with van der Waals surface area (Å²) in [5.41, 5.74) is 0.922. The standard InChI is InChI=1S/C13H15BrN4O/c1-19-10-6-7-11(14)12(8-10)18-13(15-16-17-18)9-4-2-3-5-9/h6-9H,2-5H2,1H3. The van der Waals surface area contributed by atoms with E-state index >= 15 is 0 Å². The van der Waals surface area contributed by atoms with Crippen molar-refractivity contribution in [1.29, 1.82) is 0 Å². The lowest BCUT2D eigenvalue weighted by atomic mass is 10.1. The molecule has 1 aromatic carbocycles. The summed E-state index contributed by atoms with van der Waals surface area (Å²) >= 11 is 3.55. The van der Waals surface area contributed by atoms with E-state index in [4.69, 9.17) is 4.74 Å². The Balaban J connectivity index is 2.04. The minimum absolute atomic E-state index is 0.466. The van der Waals surface area contributed by atoms with Gasteiger partial charge < -0.3 is 4.74 Å². The van der Waals surface area contributed by atoms with Crippen molar-refractivity contribution in [2.75, 3.05) is 7.11 Å². The normalized spacial score (nSPS) is 15.9. The molecular weight excluding hydrogens is 308 g/mol. The highest BCUT2D eigenvalue weighted by Gasteiger charge is 2.24. The van der Waals surface area contributed by atoms with Crippen LogP contribution in [0.1, 0.15) is 37.4 Å².